The standard InChI is InChI=1S/C9H4Cl3N5O/c10-5-2-13-1-4(16-5)9(18)17-8-6(11)7(12)14-3-15-8/h1-3H,(H,14,15,17,18). The zero-order valence-corrected chi connectivity index (χ0v) is 10.8. The highest BCUT2D eigenvalue weighted by molar-refractivity contribution is 6.43. The van der Waals surface area contributed by atoms with Crippen LogP contribution in [-0.4, -0.2) is 25.8 Å². The fraction of sp³-hybridized carbons (Fsp3) is 0. The number of hydrogen-bond donors (Lipinski definition) is 1. The van der Waals surface area contributed by atoms with Crippen molar-refractivity contribution < 1.29 is 4.79 Å². The van der Waals surface area contributed by atoms with Crippen molar-refractivity contribution in [2.75, 3.05) is 5.32 Å². The smallest absolute Gasteiger partial charge is 0.277 e. The Morgan fingerprint density at radius 2 is 1.94 bits per heavy atom. The molecule has 2 rings (SSSR count). The van der Waals surface area contributed by atoms with Gasteiger partial charge >= 0.3 is 0 Å². The van der Waals surface area contributed by atoms with Crippen LogP contribution in [-0.2, 0) is 0 Å². The fourth-order valence-corrected chi connectivity index (χ4v) is 1.48. The zero-order valence-electron chi connectivity index (χ0n) is 8.56. The first kappa shape index (κ1) is 12.9. The fourth-order valence-electron chi connectivity index (χ4n) is 1.06. The number of aromatic nitrogens is 4. The van der Waals surface area contributed by atoms with Gasteiger partial charge in [0, 0.05) is 0 Å². The molecule has 0 atom stereocenters. The highest BCUT2D eigenvalue weighted by Crippen LogP contribution is 2.25. The van der Waals surface area contributed by atoms with Gasteiger partial charge in [-0.3, -0.25) is 9.78 Å². The molecular weight excluding hydrogens is 300 g/mol. The lowest BCUT2D eigenvalue weighted by Crippen LogP contribution is -2.15. The molecule has 0 aromatic carbocycles. The normalized spacial score (nSPS) is 10.2. The molecule has 0 aliphatic rings. The van der Waals surface area contributed by atoms with Gasteiger partial charge in [0.25, 0.3) is 5.91 Å². The maximum Gasteiger partial charge on any atom is 0.277 e. The number of nitrogens with one attached hydrogen (secondary N) is 1. The highest BCUT2D eigenvalue weighted by atomic mass is 35.5. The average molecular weight is 305 g/mol. The molecule has 2 heterocycles. The Morgan fingerprint density at radius 1 is 1.17 bits per heavy atom. The van der Waals surface area contributed by atoms with E-state index < -0.39 is 5.91 Å². The van der Waals surface area contributed by atoms with Crippen LogP contribution in [0.3, 0.4) is 0 Å². The highest BCUT2D eigenvalue weighted by Gasteiger charge is 2.13. The first-order valence-corrected chi connectivity index (χ1v) is 5.66. The molecule has 18 heavy (non-hydrogen) atoms. The van der Waals surface area contributed by atoms with Crippen molar-refractivity contribution in [2.24, 2.45) is 0 Å². The number of amides is 1. The summed E-state index contributed by atoms with van der Waals surface area (Å²) in [4.78, 5) is 26.8. The van der Waals surface area contributed by atoms with E-state index in [1.54, 1.807) is 0 Å². The number of nitrogens with zero attached hydrogens (tertiary/aromatic N) is 4. The first-order chi connectivity index (χ1) is 8.58. The minimum Gasteiger partial charge on any atom is -0.304 e. The van der Waals surface area contributed by atoms with Crippen molar-refractivity contribution in [2.45, 2.75) is 0 Å². The molecule has 0 unspecified atom stereocenters. The molecule has 0 bridgehead atoms. The van der Waals surface area contributed by atoms with Gasteiger partial charge in [0.2, 0.25) is 0 Å². The van der Waals surface area contributed by atoms with Gasteiger partial charge in [-0.1, -0.05) is 34.8 Å². The van der Waals surface area contributed by atoms with E-state index in [9.17, 15) is 4.79 Å². The molecule has 0 aliphatic heterocycles. The SMILES string of the molecule is O=C(Nc1ncnc(Cl)c1Cl)c1cncc(Cl)n1. The molecule has 0 spiro atoms. The molecule has 0 saturated heterocycles. The van der Waals surface area contributed by atoms with Gasteiger partial charge in [0.1, 0.15) is 22.2 Å². The predicted octanol–water partition coefficient (Wildman–Crippen LogP) is 2.48. The predicted molar refractivity (Wildman–Crippen MR) is 67.0 cm³/mol. The van der Waals surface area contributed by atoms with E-state index in [4.69, 9.17) is 34.8 Å². The first-order valence-electron chi connectivity index (χ1n) is 4.53. The zero-order chi connectivity index (χ0) is 13.1. The van der Waals surface area contributed by atoms with Crippen LogP contribution in [0.4, 0.5) is 5.82 Å². The van der Waals surface area contributed by atoms with Crippen LogP contribution in [0, 0.1) is 0 Å². The molecule has 0 radical (unpaired) electrons. The molecule has 2 aromatic heterocycles. The summed E-state index contributed by atoms with van der Waals surface area (Å²) < 4.78 is 0. The topological polar surface area (TPSA) is 80.7 Å². The van der Waals surface area contributed by atoms with E-state index in [1.807, 2.05) is 0 Å². The summed E-state index contributed by atoms with van der Waals surface area (Å²) in [5.74, 6) is -0.467. The van der Waals surface area contributed by atoms with Crippen LogP contribution in [0.5, 0.6) is 0 Å². The second-order valence-electron chi connectivity index (χ2n) is 3.01. The van der Waals surface area contributed by atoms with E-state index in [0.717, 1.165) is 0 Å². The molecule has 0 saturated carbocycles. The van der Waals surface area contributed by atoms with Gasteiger partial charge in [-0.15, -0.1) is 0 Å². The molecule has 1 amide bonds. The van der Waals surface area contributed by atoms with Gasteiger partial charge in [-0.25, -0.2) is 15.0 Å². The molecule has 1 N–H and O–H groups in total. The Labute approximate surface area is 116 Å². The lowest BCUT2D eigenvalue weighted by atomic mass is 10.4. The van der Waals surface area contributed by atoms with Crippen molar-refractivity contribution in [3.8, 4) is 0 Å². The summed E-state index contributed by atoms with van der Waals surface area (Å²) in [6, 6.07) is 0. The number of hydrogen-bond acceptors (Lipinski definition) is 5. The monoisotopic (exact) mass is 303 g/mol. The van der Waals surface area contributed by atoms with Crippen molar-refractivity contribution in [3.63, 3.8) is 0 Å². The summed E-state index contributed by atoms with van der Waals surface area (Å²) in [6.45, 7) is 0. The maximum atomic E-state index is 11.8. The van der Waals surface area contributed by atoms with E-state index in [0.29, 0.717) is 0 Å². The third kappa shape index (κ3) is 2.84. The number of carbonyl (C=O) groups excluding carboxylic acids is 1. The quantitative estimate of drug-likeness (QED) is 0.862. The third-order valence-electron chi connectivity index (χ3n) is 1.82. The summed E-state index contributed by atoms with van der Waals surface area (Å²) in [7, 11) is 0. The Morgan fingerprint density at radius 3 is 2.67 bits per heavy atom. The minimum absolute atomic E-state index is 0.0355. The maximum absolute atomic E-state index is 11.8. The van der Waals surface area contributed by atoms with E-state index in [2.05, 4.69) is 25.3 Å². The number of halogens is 3. The Bertz CT molecular complexity index is 607. The molecule has 6 nitrogen and oxygen atoms in total. The van der Waals surface area contributed by atoms with Crippen molar-refractivity contribution in [1.29, 1.82) is 0 Å². The minimum atomic E-state index is -0.554. The van der Waals surface area contributed by atoms with Gasteiger partial charge in [-0.05, 0) is 0 Å². The lowest BCUT2D eigenvalue weighted by molar-refractivity contribution is 0.102. The van der Waals surface area contributed by atoms with Crippen LogP contribution >= 0.6 is 34.8 Å². The van der Waals surface area contributed by atoms with Crippen molar-refractivity contribution in [3.05, 3.63) is 39.7 Å². The van der Waals surface area contributed by atoms with Crippen LogP contribution < -0.4 is 5.32 Å². The van der Waals surface area contributed by atoms with Crippen LogP contribution in [0.15, 0.2) is 18.7 Å². The number of carbonyl (C=O) groups is 1. The van der Waals surface area contributed by atoms with Gasteiger partial charge in [-0.2, -0.15) is 0 Å². The van der Waals surface area contributed by atoms with Crippen molar-refractivity contribution in [1.82, 2.24) is 19.9 Å². The second kappa shape index (κ2) is 5.43. The van der Waals surface area contributed by atoms with Crippen LogP contribution in [0.2, 0.25) is 15.3 Å². The van der Waals surface area contributed by atoms with E-state index in [1.165, 1.54) is 18.7 Å². The largest absolute Gasteiger partial charge is 0.304 e. The average Bonchev–Trinajstić information content (AvgIpc) is 2.35. The molecule has 2 aromatic rings. The van der Waals surface area contributed by atoms with Gasteiger partial charge in [0.05, 0.1) is 12.4 Å². The molecule has 9 heteroatoms. The van der Waals surface area contributed by atoms with Crippen LogP contribution in [0.1, 0.15) is 10.5 Å². The molecule has 0 fully saturated rings. The summed E-state index contributed by atoms with van der Waals surface area (Å²) in [6.07, 6.45) is 3.75. The van der Waals surface area contributed by atoms with Crippen LogP contribution in [0.25, 0.3) is 0 Å². The Balaban J connectivity index is 2.24. The Hall–Kier alpha value is -1.50. The lowest BCUT2D eigenvalue weighted by Gasteiger charge is -2.05. The Kier molecular flexibility index (Phi) is 3.90. The van der Waals surface area contributed by atoms with E-state index >= 15 is 0 Å². The number of rotatable bonds is 2. The van der Waals surface area contributed by atoms with Gasteiger partial charge in [0.15, 0.2) is 11.0 Å². The summed E-state index contributed by atoms with van der Waals surface area (Å²) >= 11 is 17.1. The molecular formula is C9H4Cl3N5O. The van der Waals surface area contributed by atoms with Gasteiger partial charge < -0.3 is 5.32 Å². The summed E-state index contributed by atoms with van der Waals surface area (Å²) in [5, 5.41) is 2.62. The van der Waals surface area contributed by atoms with Crippen molar-refractivity contribution >= 4 is 46.5 Å². The number of anilines is 1. The second-order valence-corrected chi connectivity index (χ2v) is 4.13. The molecule has 92 valence electrons. The van der Waals surface area contributed by atoms with E-state index in [-0.39, 0.29) is 26.8 Å². The molecule has 0 aliphatic carbocycles. The third-order valence-corrected chi connectivity index (χ3v) is 2.74. The summed E-state index contributed by atoms with van der Waals surface area (Å²) in [5.41, 5.74) is 0.0355.